The molecule has 0 radical (unpaired) electrons. The summed E-state index contributed by atoms with van der Waals surface area (Å²) in [5, 5.41) is 5.07. The molecule has 118 valence electrons. The molecule has 23 heavy (non-hydrogen) atoms. The Labute approximate surface area is 140 Å². The summed E-state index contributed by atoms with van der Waals surface area (Å²) in [7, 11) is 0. The fourth-order valence-corrected chi connectivity index (χ4v) is 3.59. The summed E-state index contributed by atoms with van der Waals surface area (Å²) in [5.74, 6) is 0.269. The van der Waals surface area contributed by atoms with Gasteiger partial charge < -0.3 is 9.26 Å². The summed E-state index contributed by atoms with van der Waals surface area (Å²) in [6.45, 7) is 0.771. The Morgan fingerprint density at radius 3 is 3.04 bits per heavy atom. The number of thiazole rings is 1. The molecule has 0 spiro atoms. The molecular weight excluding hydrogens is 341 g/mol. The normalized spacial score (nSPS) is 17.7. The van der Waals surface area contributed by atoms with E-state index >= 15 is 0 Å². The second-order valence-corrected chi connectivity index (χ2v) is 6.58. The predicted octanol–water partition coefficient (Wildman–Crippen LogP) is 4.50. The quantitative estimate of drug-likeness (QED) is 0.695. The minimum Gasteiger partial charge on any atom is -0.371 e. The number of nitrogens with zero attached hydrogens (tertiary/aromatic N) is 3. The summed E-state index contributed by atoms with van der Waals surface area (Å²) >= 11 is 7.49. The van der Waals surface area contributed by atoms with E-state index in [0.29, 0.717) is 17.3 Å². The third-order valence-corrected chi connectivity index (χ3v) is 4.93. The van der Waals surface area contributed by atoms with E-state index in [-0.39, 0.29) is 11.1 Å². The zero-order chi connectivity index (χ0) is 15.8. The van der Waals surface area contributed by atoms with Crippen LogP contribution in [-0.2, 0) is 4.74 Å². The molecule has 2 aromatic heterocycles. The molecule has 1 atom stereocenters. The first-order valence-corrected chi connectivity index (χ1v) is 8.27. The van der Waals surface area contributed by atoms with E-state index in [2.05, 4.69) is 15.1 Å². The topological polar surface area (TPSA) is 61.0 Å². The van der Waals surface area contributed by atoms with Crippen molar-refractivity contribution in [1.29, 1.82) is 0 Å². The van der Waals surface area contributed by atoms with Crippen molar-refractivity contribution in [2.45, 2.75) is 18.9 Å². The lowest BCUT2D eigenvalue weighted by Gasteiger charge is -2.02. The molecule has 8 heteroatoms. The Morgan fingerprint density at radius 2 is 2.26 bits per heavy atom. The summed E-state index contributed by atoms with van der Waals surface area (Å²) in [5.41, 5.74) is 0.520. The molecule has 1 aliphatic rings. The van der Waals surface area contributed by atoms with Crippen molar-refractivity contribution in [2.75, 3.05) is 6.61 Å². The van der Waals surface area contributed by atoms with Crippen LogP contribution in [0.5, 0.6) is 0 Å². The Balaban J connectivity index is 1.62. The maximum Gasteiger partial charge on any atom is 0.269 e. The van der Waals surface area contributed by atoms with Crippen LogP contribution < -0.4 is 0 Å². The van der Waals surface area contributed by atoms with Crippen molar-refractivity contribution in [1.82, 2.24) is 15.1 Å². The van der Waals surface area contributed by atoms with E-state index in [1.807, 2.05) is 0 Å². The van der Waals surface area contributed by atoms with Gasteiger partial charge in [0.2, 0.25) is 5.82 Å². The van der Waals surface area contributed by atoms with Gasteiger partial charge in [-0.05, 0) is 31.0 Å². The minimum atomic E-state index is -0.411. The molecule has 3 aromatic rings. The van der Waals surface area contributed by atoms with E-state index < -0.39 is 5.82 Å². The van der Waals surface area contributed by atoms with Gasteiger partial charge in [0.15, 0.2) is 0 Å². The van der Waals surface area contributed by atoms with Crippen LogP contribution >= 0.6 is 22.9 Å². The highest BCUT2D eigenvalue weighted by Gasteiger charge is 2.23. The summed E-state index contributed by atoms with van der Waals surface area (Å²) in [6, 6.07) is 4.05. The third-order valence-electron chi connectivity index (χ3n) is 3.54. The number of hydrogen-bond donors (Lipinski definition) is 0. The highest BCUT2D eigenvalue weighted by atomic mass is 35.5. The number of aromatic nitrogens is 3. The van der Waals surface area contributed by atoms with Crippen LogP contribution in [0.15, 0.2) is 28.9 Å². The number of benzene rings is 1. The van der Waals surface area contributed by atoms with Gasteiger partial charge in [-0.2, -0.15) is 4.98 Å². The molecule has 0 aliphatic carbocycles. The van der Waals surface area contributed by atoms with Crippen LogP contribution in [0.3, 0.4) is 0 Å². The average Bonchev–Trinajstić information content (AvgIpc) is 3.27. The molecule has 0 amide bonds. The zero-order valence-corrected chi connectivity index (χ0v) is 13.4. The van der Waals surface area contributed by atoms with Gasteiger partial charge in [-0.25, -0.2) is 9.37 Å². The Hall–Kier alpha value is -1.83. The average molecular weight is 352 g/mol. The van der Waals surface area contributed by atoms with Gasteiger partial charge in [-0.15, -0.1) is 11.3 Å². The van der Waals surface area contributed by atoms with Crippen LogP contribution in [-0.4, -0.2) is 21.7 Å². The molecule has 4 rings (SSSR count). The maximum atomic E-state index is 13.1. The monoisotopic (exact) mass is 351 g/mol. The largest absolute Gasteiger partial charge is 0.371 e. The van der Waals surface area contributed by atoms with Gasteiger partial charge in [0, 0.05) is 12.2 Å². The van der Waals surface area contributed by atoms with Gasteiger partial charge in [0.1, 0.15) is 21.8 Å². The molecule has 1 aliphatic heterocycles. The highest BCUT2D eigenvalue weighted by molar-refractivity contribution is 7.15. The molecule has 1 saturated heterocycles. The van der Waals surface area contributed by atoms with Crippen LogP contribution in [0.2, 0.25) is 5.02 Å². The number of halogens is 2. The maximum absolute atomic E-state index is 13.1. The van der Waals surface area contributed by atoms with Gasteiger partial charge in [0.25, 0.3) is 5.89 Å². The second-order valence-electron chi connectivity index (χ2n) is 5.11. The fraction of sp³-hybridized carbons (Fsp3) is 0.267. The van der Waals surface area contributed by atoms with Crippen molar-refractivity contribution in [3.63, 3.8) is 0 Å². The lowest BCUT2D eigenvalue weighted by molar-refractivity contribution is 0.111. The van der Waals surface area contributed by atoms with Gasteiger partial charge in [-0.3, -0.25) is 0 Å². The Bertz CT molecular complexity index is 845. The highest BCUT2D eigenvalue weighted by Crippen LogP contribution is 2.35. The van der Waals surface area contributed by atoms with E-state index in [1.165, 1.54) is 29.5 Å². The van der Waals surface area contributed by atoms with Crippen molar-refractivity contribution >= 4 is 22.9 Å². The smallest absolute Gasteiger partial charge is 0.269 e. The zero-order valence-electron chi connectivity index (χ0n) is 11.8. The van der Waals surface area contributed by atoms with Crippen molar-refractivity contribution in [3.05, 3.63) is 40.2 Å². The van der Waals surface area contributed by atoms with Crippen LogP contribution in [0.25, 0.3) is 22.2 Å². The Kier molecular flexibility index (Phi) is 3.84. The minimum absolute atomic E-state index is 0.0580. The molecule has 1 aromatic carbocycles. The fourth-order valence-electron chi connectivity index (χ4n) is 2.41. The lowest BCUT2D eigenvalue weighted by Crippen LogP contribution is -1.93. The van der Waals surface area contributed by atoms with Crippen molar-refractivity contribution in [3.8, 4) is 22.2 Å². The first kappa shape index (κ1) is 14.7. The lowest BCUT2D eigenvalue weighted by atomic mass is 10.2. The van der Waals surface area contributed by atoms with Gasteiger partial charge in [0.05, 0.1) is 11.2 Å². The first-order chi connectivity index (χ1) is 11.2. The Morgan fingerprint density at radius 1 is 1.35 bits per heavy atom. The van der Waals surface area contributed by atoms with Crippen LogP contribution in [0, 0.1) is 5.82 Å². The van der Waals surface area contributed by atoms with Gasteiger partial charge >= 0.3 is 0 Å². The van der Waals surface area contributed by atoms with Crippen LogP contribution in [0.1, 0.15) is 24.0 Å². The molecule has 5 nitrogen and oxygen atoms in total. The summed E-state index contributed by atoms with van der Waals surface area (Å²) in [6.07, 6.45) is 3.79. The summed E-state index contributed by atoms with van der Waals surface area (Å²) < 4.78 is 24.0. The molecule has 1 fully saturated rings. The van der Waals surface area contributed by atoms with Crippen molar-refractivity contribution < 1.29 is 13.7 Å². The molecule has 0 N–H and O–H groups in total. The molecular formula is C15H11ClFN3O2S. The van der Waals surface area contributed by atoms with Crippen LogP contribution in [0.4, 0.5) is 4.39 Å². The number of hydrogen-bond acceptors (Lipinski definition) is 6. The number of ether oxygens (including phenoxy) is 1. The third kappa shape index (κ3) is 2.87. The predicted molar refractivity (Wildman–Crippen MR) is 83.7 cm³/mol. The summed E-state index contributed by atoms with van der Waals surface area (Å²) in [4.78, 5) is 9.47. The van der Waals surface area contributed by atoms with E-state index in [4.69, 9.17) is 20.9 Å². The first-order valence-electron chi connectivity index (χ1n) is 7.07. The van der Waals surface area contributed by atoms with E-state index in [9.17, 15) is 4.39 Å². The molecule has 0 saturated carbocycles. The molecule has 0 bridgehead atoms. The molecule has 3 heterocycles. The van der Waals surface area contributed by atoms with E-state index in [0.717, 1.165) is 29.3 Å². The van der Waals surface area contributed by atoms with Crippen molar-refractivity contribution in [2.24, 2.45) is 0 Å². The van der Waals surface area contributed by atoms with E-state index in [1.54, 1.807) is 6.20 Å². The van der Waals surface area contributed by atoms with Gasteiger partial charge in [-0.1, -0.05) is 16.8 Å². The standard InChI is InChI=1S/C15H11ClFN3O2S/c16-10-6-8(17)3-4-9(10)13-19-14(22-20-13)12-7-18-15(23-12)11-2-1-5-21-11/h3-4,6-7,11H,1-2,5H2. The SMILES string of the molecule is Fc1ccc(-c2noc(-c3cnc(C4CCCO4)s3)n2)c(Cl)c1. The molecule has 1 unspecified atom stereocenters. The number of rotatable bonds is 3. The second kappa shape index (κ2) is 5.99.